The summed E-state index contributed by atoms with van der Waals surface area (Å²) in [7, 11) is 3.07. The highest BCUT2D eigenvalue weighted by atomic mass is 32.2. The second-order valence-corrected chi connectivity index (χ2v) is 5.95. The predicted octanol–water partition coefficient (Wildman–Crippen LogP) is 2.13. The molecule has 1 aromatic carbocycles. The summed E-state index contributed by atoms with van der Waals surface area (Å²) in [5.74, 6) is 1.00. The van der Waals surface area contributed by atoms with E-state index in [9.17, 15) is 9.59 Å². The summed E-state index contributed by atoms with van der Waals surface area (Å²) >= 11 is 1.16. The number of amides is 1. The van der Waals surface area contributed by atoms with Crippen molar-refractivity contribution in [2.24, 2.45) is 0 Å². The third-order valence-electron chi connectivity index (χ3n) is 3.39. The first-order valence-corrected chi connectivity index (χ1v) is 8.15. The van der Waals surface area contributed by atoms with Crippen molar-refractivity contribution >= 4 is 23.4 Å². The standard InChI is InChI=1S/C16H19N3O4S/c1-9-10(2)17-16(19-15(9)21)24-8-14(20)18-12-7-11(22-3)5-6-13(12)23-4/h5-7H,8H2,1-4H3,(H,18,20)(H,17,19,21). The molecule has 2 rings (SSSR count). The van der Waals surface area contributed by atoms with Crippen LogP contribution >= 0.6 is 11.8 Å². The van der Waals surface area contributed by atoms with Gasteiger partial charge in [-0.3, -0.25) is 9.59 Å². The first-order valence-electron chi connectivity index (χ1n) is 7.16. The quantitative estimate of drug-likeness (QED) is 0.613. The van der Waals surface area contributed by atoms with Crippen LogP contribution in [-0.2, 0) is 4.79 Å². The molecular formula is C16H19N3O4S. The molecule has 0 radical (unpaired) electrons. The molecule has 0 fully saturated rings. The zero-order valence-electron chi connectivity index (χ0n) is 13.9. The lowest BCUT2D eigenvalue weighted by Crippen LogP contribution is -2.17. The van der Waals surface area contributed by atoms with Crippen LogP contribution in [0.3, 0.4) is 0 Å². The molecule has 24 heavy (non-hydrogen) atoms. The minimum absolute atomic E-state index is 0.103. The van der Waals surface area contributed by atoms with Gasteiger partial charge in [-0.2, -0.15) is 0 Å². The van der Waals surface area contributed by atoms with Gasteiger partial charge in [0, 0.05) is 17.3 Å². The topological polar surface area (TPSA) is 93.3 Å². The summed E-state index contributed by atoms with van der Waals surface area (Å²) in [6.07, 6.45) is 0. The second kappa shape index (κ2) is 7.87. The van der Waals surface area contributed by atoms with E-state index in [2.05, 4.69) is 15.3 Å². The number of aromatic amines is 1. The Morgan fingerprint density at radius 3 is 2.67 bits per heavy atom. The highest BCUT2D eigenvalue weighted by Gasteiger charge is 2.11. The Labute approximate surface area is 143 Å². The number of anilines is 1. The smallest absolute Gasteiger partial charge is 0.254 e. The SMILES string of the molecule is COc1ccc(OC)c(NC(=O)CSc2nc(C)c(C)c(=O)[nH]2)c1. The molecule has 0 bridgehead atoms. The van der Waals surface area contributed by atoms with Crippen molar-refractivity contribution < 1.29 is 14.3 Å². The Morgan fingerprint density at radius 1 is 1.29 bits per heavy atom. The van der Waals surface area contributed by atoms with Gasteiger partial charge >= 0.3 is 0 Å². The van der Waals surface area contributed by atoms with E-state index in [1.54, 1.807) is 39.2 Å². The first kappa shape index (κ1) is 17.9. The molecular weight excluding hydrogens is 330 g/mol. The van der Waals surface area contributed by atoms with Crippen molar-refractivity contribution in [3.8, 4) is 11.5 Å². The van der Waals surface area contributed by atoms with Crippen LogP contribution in [0.2, 0.25) is 0 Å². The van der Waals surface area contributed by atoms with E-state index >= 15 is 0 Å². The number of hydrogen-bond donors (Lipinski definition) is 2. The highest BCUT2D eigenvalue weighted by molar-refractivity contribution is 7.99. The molecule has 0 spiro atoms. The maximum absolute atomic E-state index is 12.1. The molecule has 8 heteroatoms. The number of aromatic nitrogens is 2. The first-order chi connectivity index (χ1) is 11.4. The number of rotatable bonds is 6. The number of nitrogens with one attached hydrogen (secondary N) is 2. The monoisotopic (exact) mass is 349 g/mol. The fourth-order valence-electron chi connectivity index (χ4n) is 1.92. The third kappa shape index (κ3) is 4.29. The number of hydrogen-bond acceptors (Lipinski definition) is 6. The molecule has 1 aromatic heterocycles. The Balaban J connectivity index is 2.05. The fraction of sp³-hybridized carbons (Fsp3) is 0.312. The summed E-state index contributed by atoms with van der Waals surface area (Å²) in [6.45, 7) is 3.47. The summed E-state index contributed by atoms with van der Waals surface area (Å²) < 4.78 is 10.4. The molecule has 0 aliphatic carbocycles. The number of carbonyl (C=O) groups excluding carboxylic acids is 1. The summed E-state index contributed by atoms with van der Waals surface area (Å²) in [4.78, 5) is 30.8. The average Bonchev–Trinajstić information content (AvgIpc) is 2.57. The van der Waals surface area contributed by atoms with Crippen LogP contribution in [0, 0.1) is 13.8 Å². The molecule has 128 valence electrons. The number of ether oxygens (including phenoxy) is 2. The minimum Gasteiger partial charge on any atom is -0.497 e. The number of H-pyrrole nitrogens is 1. The van der Waals surface area contributed by atoms with Gasteiger partial charge < -0.3 is 19.8 Å². The molecule has 0 aliphatic heterocycles. The van der Waals surface area contributed by atoms with Crippen LogP contribution < -0.4 is 20.3 Å². The molecule has 0 saturated heterocycles. The lowest BCUT2D eigenvalue weighted by Gasteiger charge is -2.11. The van der Waals surface area contributed by atoms with Crippen LogP contribution in [-0.4, -0.2) is 35.8 Å². The molecule has 2 N–H and O–H groups in total. The molecule has 7 nitrogen and oxygen atoms in total. The summed E-state index contributed by atoms with van der Waals surface area (Å²) in [5, 5.41) is 3.18. The largest absolute Gasteiger partial charge is 0.497 e. The van der Waals surface area contributed by atoms with Gasteiger partial charge in [0.25, 0.3) is 5.56 Å². The van der Waals surface area contributed by atoms with E-state index in [1.165, 1.54) is 7.11 Å². The average molecular weight is 349 g/mol. The van der Waals surface area contributed by atoms with Crippen LogP contribution in [0.15, 0.2) is 28.2 Å². The van der Waals surface area contributed by atoms with Crippen molar-refractivity contribution in [2.75, 3.05) is 25.3 Å². The lowest BCUT2D eigenvalue weighted by atomic mass is 10.2. The molecule has 0 saturated carbocycles. The van der Waals surface area contributed by atoms with Gasteiger partial charge in [-0.05, 0) is 26.0 Å². The Bertz CT molecular complexity index is 804. The minimum atomic E-state index is -0.243. The van der Waals surface area contributed by atoms with Gasteiger partial charge in [-0.15, -0.1) is 0 Å². The number of carbonyl (C=O) groups is 1. The van der Waals surface area contributed by atoms with E-state index in [0.717, 1.165) is 11.8 Å². The maximum atomic E-state index is 12.1. The zero-order chi connectivity index (χ0) is 17.7. The number of aryl methyl sites for hydroxylation is 1. The molecule has 0 aliphatic rings. The van der Waals surface area contributed by atoms with E-state index in [4.69, 9.17) is 9.47 Å². The molecule has 1 amide bonds. The molecule has 0 atom stereocenters. The van der Waals surface area contributed by atoms with Gasteiger partial charge in [-0.25, -0.2) is 4.98 Å². The van der Waals surface area contributed by atoms with Gasteiger partial charge in [0.2, 0.25) is 5.91 Å². The predicted molar refractivity (Wildman–Crippen MR) is 93.2 cm³/mol. The molecule has 0 unspecified atom stereocenters. The molecule has 1 heterocycles. The van der Waals surface area contributed by atoms with Crippen molar-refractivity contribution in [3.63, 3.8) is 0 Å². The van der Waals surface area contributed by atoms with Gasteiger partial charge in [0.05, 0.1) is 25.7 Å². The third-order valence-corrected chi connectivity index (χ3v) is 4.27. The van der Waals surface area contributed by atoms with Crippen molar-refractivity contribution in [1.29, 1.82) is 0 Å². The number of nitrogens with zero attached hydrogens (tertiary/aromatic N) is 1. The second-order valence-electron chi connectivity index (χ2n) is 4.98. The van der Waals surface area contributed by atoms with Crippen molar-refractivity contribution in [1.82, 2.24) is 9.97 Å². The normalized spacial score (nSPS) is 10.3. The van der Waals surface area contributed by atoms with Crippen LogP contribution in [0.1, 0.15) is 11.3 Å². The van der Waals surface area contributed by atoms with E-state index < -0.39 is 0 Å². The molecule has 2 aromatic rings. The Kier molecular flexibility index (Phi) is 5.86. The van der Waals surface area contributed by atoms with Crippen LogP contribution in [0.5, 0.6) is 11.5 Å². The lowest BCUT2D eigenvalue weighted by molar-refractivity contribution is -0.113. The van der Waals surface area contributed by atoms with Crippen LogP contribution in [0.4, 0.5) is 5.69 Å². The highest BCUT2D eigenvalue weighted by Crippen LogP contribution is 2.29. The van der Waals surface area contributed by atoms with Gasteiger partial charge in [0.1, 0.15) is 11.5 Å². The number of methoxy groups -OCH3 is 2. The van der Waals surface area contributed by atoms with Crippen molar-refractivity contribution in [2.45, 2.75) is 19.0 Å². The Hall–Kier alpha value is -2.48. The number of benzene rings is 1. The number of thioether (sulfide) groups is 1. The van der Waals surface area contributed by atoms with Gasteiger partial charge in [0.15, 0.2) is 5.16 Å². The Morgan fingerprint density at radius 2 is 2.04 bits per heavy atom. The van der Waals surface area contributed by atoms with E-state index in [-0.39, 0.29) is 17.2 Å². The van der Waals surface area contributed by atoms with Crippen molar-refractivity contribution in [3.05, 3.63) is 39.8 Å². The summed E-state index contributed by atoms with van der Waals surface area (Å²) in [5.41, 5.74) is 1.55. The van der Waals surface area contributed by atoms with E-state index in [1.807, 2.05) is 0 Å². The maximum Gasteiger partial charge on any atom is 0.254 e. The summed E-state index contributed by atoms with van der Waals surface area (Å²) in [6, 6.07) is 5.13. The van der Waals surface area contributed by atoms with Gasteiger partial charge in [-0.1, -0.05) is 11.8 Å². The zero-order valence-corrected chi connectivity index (χ0v) is 14.7. The van der Waals surface area contributed by atoms with Crippen LogP contribution in [0.25, 0.3) is 0 Å². The fourth-order valence-corrected chi connectivity index (χ4v) is 2.63. The van der Waals surface area contributed by atoms with E-state index in [0.29, 0.717) is 33.6 Å².